The fourth-order valence-electron chi connectivity index (χ4n) is 12.5. The van der Waals surface area contributed by atoms with E-state index in [1.54, 1.807) is 34.3 Å². The van der Waals surface area contributed by atoms with Gasteiger partial charge in [-0.1, -0.05) is 80.3 Å². The lowest BCUT2D eigenvalue weighted by molar-refractivity contribution is 0.0761. The number of β-amino-alcohol motifs (C(OH)–C–C–N with tert-alkyl or cyclic N) is 1. The Morgan fingerprint density at radius 2 is 0.684 bits per heavy atom. The lowest BCUT2D eigenvalue weighted by atomic mass is 9.86. The number of nitrogens with one attached hydrogen (secondary N) is 2. The van der Waals surface area contributed by atoms with Gasteiger partial charge in [-0.15, -0.1) is 0 Å². The summed E-state index contributed by atoms with van der Waals surface area (Å²) in [6, 6.07) is 24.5. The van der Waals surface area contributed by atoms with Crippen LogP contribution >= 0.6 is 0 Å². The number of anilines is 3. The van der Waals surface area contributed by atoms with Gasteiger partial charge >= 0.3 is 0 Å². The highest BCUT2D eigenvalue weighted by atomic mass is 16.3. The van der Waals surface area contributed by atoms with E-state index in [4.69, 9.17) is 15.0 Å². The molecule has 0 radical (unpaired) electrons. The fourth-order valence-corrected chi connectivity index (χ4v) is 12.5. The molecule has 2 aliphatic carbocycles. The summed E-state index contributed by atoms with van der Waals surface area (Å²) in [5.74, 6) is 4.76. The average molecular weight is 1270 g/mol. The topological polar surface area (TPSA) is 272 Å². The summed E-state index contributed by atoms with van der Waals surface area (Å²) in [5.41, 5.74) is 14.8. The zero-order chi connectivity index (χ0) is 65.5. The average Bonchev–Trinajstić information content (AvgIpc) is 1.72. The number of hydrogen-bond donors (Lipinski definition) is 5. The largest absolute Gasteiger partial charge is 0.393 e. The minimum atomic E-state index is -0.316. The Kier molecular flexibility index (Phi) is 18.9. The first-order valence-corrected chi connectivity index (χ1v) is 32.3. The second-order valence-corrected chi connectivity index (χ2v) is 25.0. The first kappa shape index (κ1) is 63.2. The van der Waals surface area contributed by atoms with Crippen LogP contribution in [0.5, 0.6) is 0 Å². The van der Waals surface area contributed by atoms with Crippen LogP contribution in [0.15, 0.2) is 166 Å². The summed E-state index contributed by atoms with van der Waals surface area (Å²) >= 11 is 0. The van der Waals surface area contributed by atoms with Gasteiger partial charge in [0.2, 0.25) is 0 Å². The molecule has 0 amide bonds. The first-order chi connectivity index (χ1) is 46.2. The van der Waals surface area contributed by atoms with Crippen LogP contribution < -0.4 is 15.5 Å². The molecule has 12 aromatic rings. The van der Waals surface area contributed by atoms with Crippen molar-refractivity contribution in [2.24, 2.45) is 54.1 Å². The molecule has 3 fully saturated rings. The molecule has 0 bridgehead atoms. The van der Waals surface area contributed by atoms with Crippen LogP contribution in [0.25, 0.3) is 101 Å². The van der Waals surface area contributed by atoms with Crippen molar-refractivity contribution >= 4 is 17.5 Å². The van der Waals surface area contributed by atoms with Crippen molar-refractivity contribution in [2.75, 3.05) is 41.7 Å². The molecule has 95 heavy (non-hydrogen) atoms. The Balaban J connectivity index is 0.000000129. The molecule has 5 N–H and O–H groups in total. The number of nitrogens with zero attached hydrogens (tertiary/aromatic N) is 19. The van der Waals surface area contributed by atoms with Gasteiger partial charge in [-0.2, -0.15) is 30.6 Å². The highest BCUT2D eigenvalue weighted by Gasteiger charge is 2.30. The van der Waals surface area contributed by atoms with E-state index in [9.17, 15) is 15.3 Å². The molecule has 0 spiro atoms. The van der Waals surface area contributed by atoms with Gasteiger partial charge in [0.25, 0.3) is 0 Å². The lowest BCUT2D eigenvalue weighted by Gasteiger charge is -2.37. The van der Waals surface area contributed by atoms with Gasteiger partial charge < -0.3 is 30.9 Å². The monoisotopic (exact) mass is 1270 g/mol. The van der Waals surface area contributed by atoms with Crippen LogP contribution in [-0.2, 0) is 42.3 Å². The van der Waals surface area contributed by atoms with Gasteiger partial charge in [-0.25, -0.2) is 29.9 Å². The third kappa shape index (κ3) is 14.9. The third-order valence-corrected chi connectivity index (χ3v) is 17.8. The molecule has 2 saturated carbocycles. The van der Waals surface area contributed by atoms with Crippen LogP contribution in [0.3, 0.4) is 0 Å². The first-order valence-electron chi connectivity index (χ1n) is 32.3. The molecule has 15 rings (SSSR count). The van der Waals surface area contributed by atoms with Crippen LogP contribution in [0, 0.1) is 11.8 Å². The summed E-state index contributed by atoms with van der Waals surface area (Å²) in [6.45, 7) is 2.50. The van der Waals surface area contributed by atoms with Crippen molar-refractivity contribution in [1.29, 1.82) is 0 Å². The van der Waals surface area contributed by atoms with Gasteiger partial charge in [0.15, 0.2) is 17.5 Å². The van der Waals surface area contributed by atoms with Crippen molar-refractivity contribution < 1.29 is 15.3 Å². The van der Waals surface area contributed by atoms with Gasteiger partial charge in [-0.05, 0) is 60.6 Å². The smallest absolute Gasteiger partial charge is 0.161 e. The van der Waals surface area contributed by atoms with E-state index < -0.39 is 0 Å². The molecular formula is C71H79N21O3. The van der Waals surface area contributed by atoms with E-state index >= 15 is 0 Å². The second-order valence-electron chi connectivity index (χ2n) is 25.0. The maximum absolute atomic E-state index is 10.4. The standard InChI is InChI=1S/2C25H29N7O.C21H21N7O/c2*1-31-15-20(12-28-31)17-7-5-8-18(10-17)24-27-14-22(21-13-29-32(2)16-21)25(30-24)26-11-19-6-3-4-9-23(19)33;1-26-10-16(7-23-26)14-4-3-5-15(6-14)20-22-9-19(17-8-24-27(2)11-17)21(25-20)28-12-18(29)13-28/h2*5,7-8,10,12-16,19,23,33H,3-4,6,9,11H2,1-2H3,(H,26,27,30);3-11,18,29H,12-13H2,1-2H3/t19-,23+;19-,23-;/m01./s1. The van der Waals surface area contributed by atoms with Crippen molar-refractivity contribution in [2.45, 2.75) is 69.7 Å². The maximum atomic E-state index is 10.4. The van der Waals surface area contributed by atoms with Gasteiger partial charge in [0.05, 0.1) is 55.5 Å². The zero-order valence-electron chi connectivity index (χ0n) is 54.3. The summed E-state index contributed by atoms with van der Waals surface area (Å²) in [7, 11) is 11.4. The van der Waals surface area contributed by atoms with E-state index in [1.807, 2.05) is 165 Å². The number of aromatic nitrogens is 18. The normalized spacial score (nSPS) is 17.1. The maximum Gasteiger partial charge on any atom is 0.161 e. The Morgan fingerprint density at radius 1 is 0.368 bits per heavy atom. The number of aliphatic hydroxyl groups excluding tert-OH is 3. The highest BCUT2D eigenvalue weighted by molar-refractivity contribution is 5.80. The number of aryl methyl sites for hydroxylation is 6. The van der Waals surface area contributed by atoms with Crippen LogP contribution in [0.4, 0.5) is 17.5 Å². The predicted molar refractivity (Wildman–Crippen MR) is 367 cm³/mol. The lowest BCUT2D eigenvalue weighted by Crippen LogP contribution is -2.51. The van der Waals surface area contributed by atoms with E-state index in [0.29, 0.717) is 43.7 Å². The molecular weight excluding hydrogens is 1190 g/mol. The molecule has 24 heteroatoms. The third-order valence-electron chi connectivity index (χ3n) is 17.8. The minimum Gasteiger partial charge on any atom is -0.393 e. The van der Waals surface area contributed by atoms with Gasteiger partial charge in [-0.3, -0.25) is 28.1 Å². The molecule has 10 heterocycles. The quantitative estimate of drug-likeness (QED) is 0.0602. The van der Waals surface area contributed by atoms with Gasteiger partial charge in [0, 0.05) is 203 Å². The van der Waals surface area contributed by atoms with Crippen molar-refractivity contribution in [1.82, 2.24) is 88.6 Å². The number of hydrogen-bond acceptors (Lipinski definition) is 18. The Bertz CT molecular complexity index is 4380. The van der Waals surface area contributed by atoms with E-state index in [2.05, 4.69) is 97.5 Å². The Labute approximate surface area is 551 Å². The van der Waals surface area contributed by atoms with Crippen molar-refractivity contribution in [3.8, 4) is 101 Å². The van der Waals surface area contributed by atoms with Crippen LogP contribution in [-0.4, -0.2) is 148 Å². The number of aliphatic hydroxyl groups is 3. The summed E-state index contributed by atoms with van der Waals surface area (Å²) in [4.78, 5) is 30.8. The molecule has 3 aliphatic rings. The molecule has 1 aliphatic heterocycles. The van der Waals surface area contributed by atoms with Crippen LogP contribution in [0.1, 0.15) is 51.4 Å². The zero-order valence-corrected chi connectivity index (χ0v) is 54.3. The Hall–Kier alpha value is -10.6. The summed E-state index contributed by atoms with van der Waals surface area (Å²) in [6.07, 6.45) is 35.9. The SMILES string of the molecule is Cn1cc(-c2cccc(-c3ncc(-c4cnn(C)c4)c(N4CC(O)C4)n3)c2)cn1.Cn1cc(-c2cccc(-c3ncc(-c4cnn(C)c4)c(NC[C@@H]4CCCC[C@H]4O)n3)c2)cn1.Cn1cc(-c2cccc(-c3ncc(-c4cnn(C)c4)c(NC[C@H]4CCCC[C@H]4O)n3)c2)cn1. The summed E-state index contributed by atoms with van der Waals surface area (Å²) < 4.78 is 10.7. The molecule has 1 saturated heterocycles. The van der Waals surface area contributed by atoms with E-state index in [0.717, 1.165) is 152 Å². The molecule has 486 valence electrons. The van der Waals surface area contributed by atoms with Crippen molar-refractivity contribution in [3.05, 3.63) is 166 Å². The molecule has 3 aromatic carbocycles. The van der Waals surface area contributed by atoms with Gasteiger partial charge in [0.1, 0.15) is 17.5 Å². The predicted octanol–water partition coefficient (Wildman–Crippen LogP) is 9.94. The van der Waals surface area contributed by atoms with E-state index in [-0.39, 0.29) is 30.1 Å². The number of rotatable bonds is 16. The molecule has 9 aromatic heterocycles. The van der Waals surface area contributed by atoms with Crippen molar-refractivity contribution in [3.63, 3.8) is 0 Å². The molecule has 4 atom stereocenters. The van der Waals surface area contributed by atoms with E-state index in [1.165, 1.54) is 0 Å². The highest BCUT2D eigenvalue weighted by Crippen LogP contribution is 2.37. The molecule has 24 nitrogen and oxygen atoms in total. The second kappa shape index (κ2) is 28.3. The summed E-state index contributed by atoms with van der Waals surface area (Å²) in [5, 5.41) is 63.4. The Morgan fingerprint density at radius 3 is 1.02 bits per heavy atom. The number of benzene rings is 3. The van der Waals surface area contributed by atoms with Crippen LogP contribution in [0.2, 0.25) is 0 Å². The molecule has 0 unspecified atom stereocenters. The fraction of sp³-hybridized carbons (Fsp3) is 0.324. The minimum absolute atomic E-state index is 0.229.